The van der Waals surface area contributed by atoms with Crippen molar-refractivity contribution in [3.05, 3.63) is 40.2 Å². The van der Waals surface area contributed by atoms with Gasteiger partial charge in [-0.25, -0.2) is 9.97 Å². The van der Waals surface area contributed by atoms with E-state index in [2.05, 4.69) is 29.0 Å². The molecule has 3 aromatic heterocycles. The molecule has 3 rings (SSSR count). The molecule has 0 unspecified atom stereocenters. The molecule has 0 saturated carbocycles. The van der Waals surface area contributed by atoms with Crippen LogP contribution in [0.5, 0.6) is 0 Å². The van der Waals surface area contributed by atoms with Crippen molar-refractivity contribution in [2.75, 3.05) is 5.73 Å². The van der Waals surface area contributed by atoms with Gasteiger partial charge in [-0.05, 0) is 31.2 Å². The standard InChI is InChI=1S/C12H12N4S/c1-8-4-5-9(17-8)7-16-11-10(15-12(16)13)3-2-6-14-11/h2-6H,7H2,1H3,(H2,13,15). The number of anilines is 1. The number of imidazole rings is 1. The lowest BCUT2D eigenvalue weighted by Crippen LogP contribution is -2.04. The average molecular weight is 244 g/mol. The van der Waals surface area contributed by atoms with Crippen LogP contribution in [-0.2, 0) is 6.54 Å². The molecule has 86 valence electrons. The highest BCUT2D eigenvalue weighted by molar-refractivity contribution is 7.11. The molecule has 17 heavy (non-hydrogen) atoms. The molecule has 4 nitrogen and oxygen atoms in total. The number of nitrogen functional groups attached to an aromatic ring is 1. The second-order valence-corrected chi connectivity index (χ2v) is 5.29. The van der Waals surface area contributed by atoms with E-state index in [9.17, 15) is 0 Å². The smallest absolute Gasteiger partial charge is 0.202 e. The number of rotatable bonds is 2. The Morgan fingerprint density at radius 2 is 2.24 bits per heavy atom. The molecule has 0 aliphatic carbocycles. The van der Waals surface area contributed by atoms with Gasteiger partial charge in [0.15, 0.2) is 5.65 Å². The van der Waals surface area contributed by atoms with Crippen molar-refractivity contribution in [2.45, 2.75) is 13.5 Å². The minimum absolute atomic E-state index is 0.518. The number of nitrogens with two attached hydrogens (primary N) is 1. The molecule has 0 fully saturated rings. The van der Waals surface area contributed by atoms with Gasteiger partial charge in [0.2, 0.25) is 5.95 Å². The van der Waals surface area contributed by atoms with Crippen LogP contribution >= 0.6 is 11.3 Å². The number of hydrogen-bond donors (Lipinski definition) is 1. The van der Waals surface area contributed by atoms with Crippen LogP contribution in [0.2, 0.25) is 0 Å². The molecule has 3 heterocycles. The second-order valence-electron chi connectivity index (χ2n) is 3.91. The first kappa shape index (κ1) is 10.3. The van der Waals surface area contributed by atoms with Gasteiger partial charge in [0, 0.05) is 16.0 Å². The van der Waals surface area contributed by atoms with E-state index in [-0.39, 0.29) is 0 Å². The number of aryl methyl sites for hydroxylation is 1. The molecule has 0 aliphatic heterocycles. The highest BCUT2D eigenvalue weighted by atomic mass is 32.1. The molecule has 0 atom stereocenters. The zero-order valence-electron chi connectivity index (χ0n) is 9.42. The molecule has 2 N–H and O–H groups in total. The zero-order chi connectivity index (χ0) is 11.8. The first-order valence-electron chi connectivity index (χ1n) is 5.36. The van der Waals surface area contributed by atoms with E-state index in [1.807, 2.05) is 16.7 Å². The monoisotopic (exact) mass is 244 g/mol. The summed E-state index contributed by atoms with van der Waals surface area (Å²) in [5.74, 6) is 0.518. The quantitative estimate of drug-likeness (QED) is 0.753. The normalized spacial score (nSPS) is 11.1. The fraction of sp³-hybridized carbons (Fsp3) is 0.167. The van der Waals surface area contributed by atoms with Gasteiger partial charge >= 0.3 is 0 Å². The summed E-state index contributed by atoms with van der Waals surface area (Å²) >= 11 is 1.77. The second kappa shape index (κ2) is 3.85. The summed E-state index contributed by atoms with van der Waals surface area (Å²) in [6, 6.07) is 8.03. The summed E-state index contributed by atoms with van der Waals surface area (Å²) in [6.07, 6.45) is 1.76. The third kappa shape index (κ3) is 1.78. The van der Waals surface area contributed by atoms with Crippen LogP contribution in [0.1, 0.15) is 9.75 Å². The molecule has 0 radical (unpaired) electrons. The summed E-state index contributed by atoms with van der Waals surface area (Å²) in [7, 11) is 0. The van der Waals surface area contributed by atoms with Crippen molar-refractivity contribution in [2.24, 2.45) is 0 Å². The highest BCUT2D eigenvalue weighted by Gasteiger charge is 2.09. The zero-order valence-corrected chi connectivity index (χ0v) is 10.2. The summed E-state index contributed by atoms with van der Waals surface area (Å²) in [6.45, 7) is 2.83. The third-order valence-electron chi connectivity index (χ3n) is 2.64. The first-order valence-corrected chi connectivity index (χ1v) is 6.18. The molecule has 0 aromatic carbocycles. The van der Waals surface area contributed by atoms with E-state index < -0.39 is 0 Å². The van der Waals surface area contributed by atoms with Crippen LogP contribution in [0.25, 0.3) is 11.2 Å². The molecular formula is C12H12N4S. The van der Waals surface area contributed by atoms with Gasteiger partial charge < -0.3 is 5.73 Å². The Kier molecular flexibility index (Phi) is 2.33. The van der Waals surface area contributed by atoms with Gasteiger partial charge in [-0.15, -0.1) is 11.3 Å². The molecule has 0 bridgehead atoms. The van der Waals surface area contributed by atoms with E-state index in [1.54, 1.807) is 17.5 Å². The predicted octanol–water partition coefficient (Wildman–Crippen LogP) is 2.43. The van der Waals surface area contributed by atoms with Crippen LogP contribution in [-0.4, -0.2) is 14.5 Å². The summed E-state index contributed by atoms with van der Waals surface area (Å²) in [5, 5.41) is 0. The van der Waals surface area contributed by atoms with Crippen LogP contribution in [0.3, 0.4) is 0 Å². The van der Waals surface area contributed by atoms with Crippen LogP contribution in [0.15, 0.2) is 30.5 Å². The van der Waals surface area contributed by atoms with E-state index in [0.717, 1.165) is 17.7 Å². The van der Waals surface area contributed by atoms with Crippen molar-refractivity contribution in [3.63, 3.8) is 0 Å². The van der Waals surface area contributed by atoms with E-state index >= 15 is 0 Å². The number of aromatic nitrogens is 3. The number of thiophene rings is 1. The Morgan fingerprint density at radius 3 is 3.00 bits per heavy atom. The summed E-state index contributed by atoms with van der Waals surface area (Å²) < 4.78 is 1.95. The minimum Gasteiger partial charge on any atom is -0.369 e. The Bertz CT molecular complexity index is 668. The summed E-state index contributed by atoms with van der Waals surface area (Å²) in [4.78, 5) is 11.2. The Hall–Kier alpha value is -1.88. The maximum Gasteiger partial charge on any atom is 0.202 e. The largest absolute Gasteiger partial charge is 0.369 e. The lowest BCUT2D eigenvalue weighted by molar-refractivity contribution is 0.841. The number of hydrogen-bond acceptors (Lipinski definition) is 4. The van der Waals surface area contributed by atoms with Crippen LogP contribution < -0.4 is 5.73 Å². The third-order valence-corrected chi connectivity index (χ3v) is 3.63. The van der Waals surface area contributed by atoms with Gasteiger partial charge in [0.1, 0.15) is 5.52 Å². The van der Waals surface area contributed by atoms with Crippen molar-refractivity contribution in [1.82, 2.24) is 14.5 Å². The highest BCUT2D eigenvalue weighted by Crippen LogP contribution is 2.21. The maximum atomic E-state index is 5.92. The fourth-order valence-corrected chi connectivity index (χ4v) is 2.74. The fourth-order valence-electron chi connectivity index (χ4n) is 1.86. The molecule has 0 aliphatic rings. The van der Waals surface area contributed by atoms with Gasteiger partial charge in [-0.2, -0.15) is 0 Å². The van der Waals surface area contributed by atoms with Gasteiger partial charge in [0.05, 0.1) is 6.54 Å². The molecule has 0 spiro atoms. The molecule has 0 saturated heterocycles. The lowest BCUT2D eigenvalue weighted by Gasteiger charge is -2.03. The van der Waals surface area contributed by atoms with Gasteiger partial charge in [0.25, 0.3) is 0 Å². The van der Waals surface area contributed by atoms with Gasteiger partial charge in [-0.1, -0.05) is 0 Å². The minimum atomic E-state index is 0.518. The Labute approximate surface area is 103 Å². The van der Waals surface area contributed by atoms with Crippen molar-refractivity contribution < 1.29 is 0 Å². The van der Waals surface area contributed by atoms with Crippen LogP contribution in [0, 0.1) is 6.92 Å². The summed E-state index contributed by atoms with van der Waals surface area (Å²) in [5.41, 5.74) is 7.61. The maximum absolute atomic E-state index is 5.92. The molecular weight excluding hydrogens is 232 g/mol. The van der Waals surface area contributed by atoms with Crippen molar-refractivity contribution in [1.29, 1.82) is 0 Å². The molecule has 3 aromatic rings. The SMILES string of the molecule is Cc1ccc(Cn2c(N)nc3cccnc32)s1. The van der Waals surface area contributed by atoms with Crippen molar-refractivity contribution >= 4 is 28.4 Å². The number of fused-ring (bicyclic) bond motifs is 1. The molecule has 0 amide bonds. The lowest BCUT2D eigenvalue weighted by atomic mass is 10.4. The number of pyridine rings is 1. The van der Waals surface area contributed by atoms with Crippen LogP contribution in [0.4, 0.5) is 5.95 Å². The Morgan fingerprint density at radius 1 is 1.35 bits per heavy atom. The van der Waals surface area contributed by atoms with E-state index in [4.69, 9.17) is 5.73 Å². The first-order chi connectivity index (χ1) is 8.24. The average Bonchev–Trinajstić information content (AvgIpc) is 2.85. The van der Waals surface area contributed by atoms with E-state index in [0.29, 0.717) is 5.95 Å². The van der Waals surface area contributed by atoms with E-state index in [1.165, 1.54) is 9.75 Å². The molecule has 5 heteroatoms. The Balaban J connectivity index is 2.08. The van der Waals surface area contributed by atoms with Gasteiger partial charge in [-0.3, -0.25) is 4.57 Å². The number of nitrogens with zero attached hydrogens (tertiary/aromatic N) is 3. The topological polar surface area (TPSA) is 56.7 Å². The van der Waals surface area contributed by atoms with Crippen molar-refractivity contribution in [3.8, 4) is 0 Å². The predicted molar refractivity (Wildman–Crippen MR) is 70.1 cm³/mol.